The molecule has 2 aromatic carbocycles. The highest BCUT2D eigenvalue weighted by atomic mass is 19.1. The fraction of sp³-hybridized carbons (Fsp3) is 0.167. The van der Waals surface area contributed by atoms with E-state index in [-0.39, 0.29) is 19.0 Å². The molecule has 0 saturated carbocycles. The predicted molar refractivity (Wildman–Crippen MR) is 100.0 cm³/mol. The summed E-state index contributed by atoms with van der Waals surface area (Å²) in [7, 11) is 0. The molecule has 11 heteroatoms. The molecule has 0 saturated heterocycles. The van der Waals surface area contributed by atoms with Crippen molar-refractivity contribution in [3.63, 3.8) is 0 Å². The van der Waals surface area contributed by atoms with E-state index >= 15 is 0 Å². The molecular formula is C18H16FN7O3. The lowest BCUT2D eigenvalue weighted by Gasteiger charge is -2.23. The Bertz CT molecular complexity index is 1080. The van der Waals surface area contributed by atoms with Crippen molar-refractivity contribution in [2.75, 3.05) is 6.61 Å². The molecule has 0 aliphatic carbocycles. The Balaban J connectivity index is 1.34. The topological polar surface area (TPSA) is 123 Å². The molecule has 0 bridgehead atoms. The number of aromatic nitrogens is 3. The van der Waals surface area contributed by atoms with E-state index in [2.05, 4.69) is 31.3 Å². The number of nitrogens with zero attached hydrogens (tertiary/aromatic N) is 4. The maximum Gasteiger partial charge on any atom is 0.323 e. The second kappa shape index (κ2) is 7.92. The van der Waals surface area contributed by atoms with Crippen LogP contribution in [-0.2, 0) is 4.79 Å². The number of rotatable bonds is 5. The molecule has 1 aromatic heterocycles. The average molecular weight is 397 g/mol. The quantitative estimate of drug-likeness (QED) is 0.590. The van der Waals surface area contributed by atoms with Gasteiger partial charge in [-0.1, -0.05) is 29.1 Å². The number of amides is 3. The van der Waals surface area contributed by atoms with Crippen LogP contribution in [0.2, 0.25) is 0 Å². The molecule has 29 heavy (non-hydrogen) atoms. The molecule has 10 nitrogen and oxygen atoms in total. The van der Waals surface area contributed by atoms with Crippen molar-refractivity contribution in [3.8, 4) is 0 Å². The molecule has 0 spiro atoms. The Morgan fingerprint density at radius 3 is 2.83 bits per heavy atom. The van der Waals surface area contributed by atoms with Gasteiger partial charge < -0.3 is 10.2 Å². The molecule has 148 valence electrons. The Labute approximate surface area is 163 Å². The van der Waals surface area contributed by atoms with Gasteiger partial charge in [-0.05, 0) is 35.0 Å². The van der Waals surface area contributed by atoms with Crippen LogP contribution in [0.25, 0.3) is 11.0 Å². The highest BCUT2D eigenvalue weighted by Crippen LogP contribution is 2.16. The van der Waals surface area contributed by atoms with E-state index in [1.54, 1.807) is 12.1 Å². The number of benzene rings is 2. The van der Waals surface area contributed by atoms with Crippen LogP contribution in [0.3, 0.4) is 0 Å². The number of para-hydroxylation sites is 1. The van der Waals surface area contributed by atoms with E-state index in [1.807, 2.05) is 12.1 Å². The Morgan fingerprint density at radius 2 is 2.00 bits per heavy atom. The number of aliphatic imine (C=N–C) groups is 1. The standard InChI is InChI=1S/C18H16FN7O3/c19-12-7-5-11(6-8-12)16-21-17(23-18(28)22-16)20-15(27)9-10-29-26-14-4-2-1-3-13(14)24-25-26/h1-8,16H,9-10H2,(H3,20,21,22,23,27,28). The van der Waals surface area contributed by atoms with Gasteiger partial charge in [0.2, 0.25) is 11.9 Å². The van der Waals surface area contributed by atoms with E-state index in [4.69, 9.17) is 4.84 Å². The van der Waals surface area contributed by atoms with Crippen molar-refractivity contribution in [3.05, 3.63) is 59.9 Å². The van der Waals surface area contributed by atoms with E-state index in [1.165, 1.54) is 29.1 Å². The number of guanidine groups is 1. The Kier molecular flexibility index (Phi) is 5.01. The van der Waals surface area contributed by atoms with Crippen LogP contribution in [0, 0.1) is 5.82 Å². The second-order valence-electron chi connectivity index (χ2n) is 6.11. The molecule has 1 aliphatic heterocycles. The maximum atomic E-state index is 13.1. The summed E-state index contributed by atoms with van der Waals surface area (Å²) >= 11 is 0. The summed E-state index contributed by atoms with van der Waals surface area (Å²) in [5.74, 6) is -0.806. The van der Waals surface area contributed by atoms with Crippen molar-refractivity contribution in [1.29, 1.82) is 0 Å². The van der Waals surface area contributed by atoms with Gasteiger partial charge in [0.1, 0.15) is 23.5 Å². The average Bonchev–Trinajstić information content (AvgIpc) is 3.11. The highest BCUT2D eigenvalue weighted by molar-refractivity contribution is 6.05. The van der Waals surface area contributed by atoms with E-state index in [0.717, 1.165) is 0 Å². The zero-order valence-electron chi connectivity index (χ0n) is 15.0. The Morgan fingerprint density at radius 1 is 1.21 bits per heavy atom. The first-order valence-corrected chi connectivity index (χ1v) is 8.73. The van der Waals surface area contributed by atoms with Crippen molar-refractivity contribution in [2.24, 2.45) is 4.99 Å². The molecule has 4 rings (SSSR count). The third kappa shape index (κ3) is 4.29. The summed E-state index contributed by atoms with van der Waals surface area (Å²) < 4.78 is 13.1. The van der Waals surface area contributed by atoms with Gasteiger partial charge in [0.05, 0.1) is 6.42 Å². The van der Waals surface area contributed by atoms with Gasteiger partial charge in [-0.2, -0.15) is 0 Å². The third-order valence-corrected chi connectivity index (χ3v) is 4.07. The van der Waals surface area contributed by atoms with Gasteiger partial charge in [0, 0.05) is 0 Å². The fourth-order valence-electron chi connectivity index (χ4n) is 2.69. The summed E-state index contributed by atoms with van der Waals surface area (Å²) in [6.07, 6.45) is -0.741. The number of hydrogen-bond acceptors (Lipinski definition) is 6. The van der Waals surface area contributed by atoms with Crippen LogP contribution in [0.1, 0.15) is 18.2 Å². The number of carbonyl (C=O) groups excluding carboxylic acids is 2. The summed E-state index contributed by atoms with van der Waals surface area (Å²) in [4.78, 5) is 34.9. The number of urea groups is 1. The normalized spacial score (nSPS) is 16.0. The summed E-state index contributed by atoms with van der Waals surface area (Å²) in [6.45, 7) is 0.0417. The minimum absolute atomic E-state index is 0.000666. The Hall–Kier alpha value is -4.02. The minimum atomic E-state index is -0.739. The molecule has 1 aliphatic rings. The van der Waals surface area contributed by atoms with Crippen LogP contribution in [0.5, 0.6) is 0 Å². The first kappa shape index (κ1) is 18.3. The summed E-state index contributed by atoms with van der Waals surface area (Å²) in [5, 5.41) is 15.3. The van der Waals surface area contributed by atoms with Gasteiger partial charge in [0.15, 0.2) is 6.17 Å². The first-order valence-electron chi connectivity index (χ1n) is 8.73. The molecular weight excluding hydrogens is 381 g/mol. The smallest absolute Gasteiger partial charge is 0.323 e. The van der Waals surface area contributed by atoms with Gasteiger partial charge in [0.25, 0.3) is 0 Å². The summed E-state index contributed by atoms with van der Waals surface area (Å²) in [5.41, 5.74) is 1.94. The molecule has 3 amide bonds. The number of nitrogens with one attached hydrogen (secondary N) is 3. The van der Waals surface area contributed by atoms with Crippen molar-refractivity contribution in [1.82, 2.24) is 31.1 Å². The van der Waals surface area contributed by atoms with Crippen molar-refractivity contribution in [2.45, 2.75) is 12.6 Å². The molecule has 2 heterocycles. The monoisotopic (exact) mass is 397 g/mol. The van der Waals surface area contributed by atoms with Crippen LogP contribution in [0.4, 0.5) is 9.18 Å². The minimum Gasteiger partial charge on any atom is -0.394 e. The van der Waals surface area contributed by atoms with Crippen molar-refractivity contribution >= 4 is 28.9 Å². The van der Waals surface area contributed by atoms with Crippen LogP contribution >= 0.6 is 0 Å². The molecule has 0 radical (unpaired) electrons. The first-order chi connectivity index (χ1) is 14.1. The van der Waals surface area contributed by atoms with Crippen molar-refractivity contribution < 1.29 is 18.8 Å². The van der Waals surface area contributed by atoms with Crippen LogP contribution in [-0.4, -0.2) is 39.7 Å². The highest BCUT2D eigenvalue weighted by Gasteiger charge is 2.22. The van der Waals surface area contributed by atoms with E-state index < -0.39 is 23.9 Å². The number of fused-ring (bicyclic) bond motifs is 1. The van der Waals surface area contributed by atoms with E-state index in [0.29, 0.717) is 16.6 Å². The number of halogens is 1. The van der Waals surface area contributed by atoms with Gasteiger partial charge in [-0.25, -0.2) is 14.2 Å². The lowest BCUT2D eigenvalue weighted by Crippen LogP contribution is -2.52. The molecule has 3 N–H and O–H groups in total. The van der Waals surface area contributed by atoms with Crippen LogP contribution < -0.4 is 20.8 Å². The molecule has 3 aromatic rings. The maximum absolute atomic E-state index is 13.1. The zero-order valence-corrected chi connectivity index (χ0v) is 15.0. The van der Waals surface area contributed by atoms with Crippen LogP contribution in [0.15, 0.2) is 53.5 Å². The lowest BCUT2D eigenvalue weighted by atomic mass is 10.1. The SMILES string of the molecule is O=C(CCOn1nnc2ccccc21)NC1=NC(c2ccc(F)cc2)NC(=O)N1. The summed E-state index contributed by atoms with van der Waals surface area (Å²) in [6, 6.07) is 12.3. The third-order valence-electron chi connectivity index (χ3n) is 4.07. The molecule has 0 fully saturated rings. The van der Waals surface area contributed by atoms with Gasteiger partial charge >= 0.3 is 6.03 Å². The number of carbonyl (C=O) groups is 2. The molecule has 1 atom stereocenters. The predicted octanol–water partition coefficient (Wildman–Crippen LogP) is 0.873. The fourth-order valence-corrected chi connectivity index (χ4v) is 2.69. The largest absolute Gasteiger partial charge is 0.394 e. The van der Waals surface area contributed by atoms with Gasteiger partial charge in [-0.3, -0.25) is 15.4 Å². The zero-order chi connectivity index (χ0) is 20.2. The molecule has 1 unspecified atom stereocenters. The van der Waals surface area contributed by atoms with Gasteiger partial charge in [-0.15, -0.1) is 5.10 Å². The second-order valence-corrected chi connectivity index (χ2v) is 6.11. The van der Waals surface area contributed by atoms with E-state index in [9.17, 15) is 14.0 Å². The number of hydrogen-bond donors (Lipinski definition) is 3. The lowest BCUT2D eigenvalue weighted by molar-refractivity contribution is -0.120.